The summed E-state index contributed by atoms with van der Waals surface area (Å²) in [5.74, 6) is -0.0691. The van der Waals surface area contributed by atoms with Crippen LogP contribution in [0.4, 0.5) is 5.69 Å². The Bertz CT molecular complexity index is 681. The first-order chi connectivity index (χ1) is 12.5. The molecule has 2 aliphatic carbocycles. The first kappa shape index (κ1) is 18.5. The van der Waals surface area contributed by atoms with Gasteiger partial charge in [0.15, 0.2) is 0 Å². The average molecular weight is 359 g/mol. The predicted molar refractivity (Wildman–Crippen MR) is 98.9 cm³/mol. The Morgan fingerprint density at radius 3 is 2.73 bits per heavy atom. The molecule has 1 aromatic carbocycles. The second-order valence-corrected chi connectivity index (χ2v) is 7.22. The van der Waals surface area contributed by atoms with E-state index in [1.807, 2.05) is 6.08 Å². The standard InChI is InChI=1S/C19H25N3O4/c23-19(24)13-21(12-14-7-8-14)17-10-16(11-17)20-9-3-5-15-4-1-2-6-18(15)22(25)26/h1-6,14,16-17,20H,7-13H2,(H,23,24)/b5-3+. The summed E-state index contributed by atoms with van der Waals surface area (Å²) in [6.45, 7) is 1.68. The molecule has 0 saturated heterocycles. The van der Waals surface area contributed by atoms with E-state index in [0.29, 0.717) is 30.1 Å². The lowest BCUT2D eigenvalue weighted by atomic mass is 9.85. The van der Waals surface area contributed by atoms with Gasteiger partial charge in [-0.1, -0.05) is 24.3 Å². The van der Waals surface area contributed by atoms with Crippen molar-refractivity contribution in [2.45, 2.75) is 37.8 Å². The molecule has 2 N–H and O–H groups in total. The van der Waals surface area contributed by atoms with Gasteiger partial charge in [-0.05, 0) is 37.7 Å². The van der Waals surface area contributed by atoms with Crippen molar-refractivity contribution in [3.05, 3.63) is 46.0 Å². The summed E-state index contributed by atoms with van der Waals surface area (Å²) in [6.07, 6.45) is 8.03. The molecule has 0 heterocycles. The van der Waals surface area contributed by atoms with Crippen LogP contribution in [0.15, 0.2) is 30.3 Å². The fraction of sp³-hybridized carbons (Fsp3) is 0.526. The van der Waals surface area contributed by atoms with E-state index in [9.17, 15) is 14.9 Å². The molecule has 26 heavy (non-hydrogen) atoms. The van der Waals surface area contributed by atoms with Gasteiger partial charge in [-0.3, -0.25) is 19.8 Å². The van der Waals surface area contributed by atoms with E-state index in [1.165, 1.54) is 18.9 Å². The number of rotatable bonds is 10. The fourth-order valence-corrected chi connectivity index (χ4v) is 3.42. The third-order valence-corrected chi connectivity index (χ3v) is 5.11. The molecule has 0 bridgehead atoms. The molecule has 7 heteroatoms. The lowest BCUT2D eigenvalue weighted by Gasteiger charge is -2.42. The summed E-state index contributed by atoms with van der Waals surface area (Å²) in [5, 5.41) is 23.5. The number of para-hydroxylation sites is 1. The lowest BCUT2D eigenvalue weighted by molar-refractivity contribution is -0.385. The van der Waals surface area contributed by atoms with E-state index < -0.39 is 5.97 Å². The second kappa shape index (κ2) is 8.42. The molecule has 1 aromatic rings. The van der Waals surface area contributed by atoms with E-state index in [0.717, 1.165) is 19.4 Å². The number of nitrogens with one attached hydrogen (secondary N) is 1. The smallest absolute Gasteiger partial charge is 0.317 e. The average Bonchev–Trinajstić information content (AvgIpc) is 3.36. The van der Waals surface area contributed by atoms with Crippen LogP contribution in [0.25, 0.3) is 6.08 Å². The normalized spacial score (nSPS) is 22.5. The van der Waals surface area contributed by atoms with Crippen LogP contribution in [0.2, 0.25) is 0 Å². The van der Waals surface area contributed by atoms with Crippen LogP contribution in [-0.4, -0.2) is 52.6 Å². The molecule has 2 saturated carbocycles. The zero-order valence-electron chi connectivity index (χ0n) is 14.7. The molecular weight excluding hydrogens is 334 g/mol. The quantitative estimate of drug-likeness (QED) is 0.492. The van der Waals surface area contributed by atoms with Gasteiger partial charge >= 0.3 is 5.97 Å². The number of carbonyl (C=O) groups is 1. The zero-order chi connectivity index (χ0) is 18.5. The van der Waals surface area contributed by atoms with Gasteiger partial charge in [0.2, 0.25) is 0 Å². The van der Waals surface area contributed by atoms with Gasteiger partial charge in [0.05, 0.1) is 17.0 Å². The van der Waals surface area contributed by atoms with Crippen molar-refractivity contribution in [3.8, 4) is 0 Å². The number of nitro groups is 1. The monoisotopic (exact) mass is 359 g/mol. The number of carboxylic acids is 1. The molecule has 0 unspecified atom stereocenters. The molecule has 0 amide bonds. The molecule has 140 valence electrons. The number of hydrogen-bond donors (Lipinski definition) is 2. The number of hydrogen-bond acceptors (Lipinski definition) is 5. The van der Waals surface area contributed by atoms with Gasteiger partial charge in [-0.15, -0.1) is 0 Å². The first-order valence-corrected chi connectivity index (χ1v) is 9.12. The fourth-order valence-electron chi connectivity index (χ4n) is 3.42. The maximum atomic E-state index is 11.0. The minimum Gasteiger partial charge on any atom is -0.480 e. The predicted octanol–water partition coefficient (Wildman–Crippen LogP) is 2.53. The third kappa shape index (κ3) is 5.12. The van der Waals surface area contributed by atoms with Gasteiger partial charge in [-0.2, -0.15) is 0 Å². The van der Waals surface area contributed by atoms with Gasteiger partial charge < -0.3 is 10.4 Å². The van der Waals surface area contributed by atoms with Gasteiger partial charge in [0.25, 0.3) is 5.69 Å². The van der Waals surface area contributed by atoms with Crippen LogP contribution in [0.1, 0.15) is 31.2 Å². The number of nitro benzene ring substituents is 1. The topological polar surface area (TPSA) is 95.7 Å². The summed E-state index contributed by atoms with van der Waals surface area (Å²) < 4.78 is 0. The maximum absolute atomic E-state index is 11.0. The van der Waals surface area contributed by atoms with Gasteiger partial charge in [-0.25, -0.2) is 0 Å². The summed E-state index contributed by atoms with van der Waals surface area (Å²) in [6, 6.07) is 7.41. The highest BCUT2D eigenvalue weighted by Crippen LogP contribution is 2.33. The van der Waals surface area contributed by atoms with E-state index in [-0.39, 0.29) is 17.2 Å². The molecule has 0 radical (unpaired) electrons. The highest BCUT2D eigenvalue weighted by molar-refractivity contribution is 5.69. The summed E-state index contributed by atoms with van der Waals surface area (Å²) in [7, 11) is 0. The van der Waals surface area contributed by atoms with Crippen molar-refractivity contribution < 1.29 is 14.8 Å². The first-order valence-electron chi connectivity index (χ1n) is 9.12. The van der Waals surface area contributed by atoms with Crippen molar-refractivity contribution in [2.75, 3.05) is 19.6 Å². The van der Waals surface area contributed by atoms with E-state index in [1.54, 1.807) is 24.3 Å². The molecule has 0 spiro atoms. The van der Waals surface area contributed by atoms with Gasteiger partial charge in [0, 0.05) is 31.2 Å². The Labute approximate surface area is 152 Å². The van der Waals surface area contributed by atoms with Crippen LogP contribution in [0.5, 0.6) is 0 Å². The Morgan fingerprint density at radius 1 is 1.35 bits per heavy atom. The number of nitrogens with zero attached hydrogens (tertiary/aromatic N) is 2. The van der Waals surface area contributed by atoms with E-state index >= 15 is 0 Å². The molecule has 0 atom stereocenters. The van der Waals surface area contributed by atoms with E-state index in [2.05, 4.69) is 10.2 Å². The lowest BCUT2D eigenvalue weighted by Crippen LogP contribution is -2.54. The maximum Gasteiger partial charge on any atom is 0.317 e. The number of aliphatic carboxylic acids is 1. The molecule has 7 nitrogen and oxygen atoms in total. The van der Waals surface area contributed by atoms with Gasteiger partial charge in [0.1, 0.15) is 0 Å². The Hall–Kier alpha value is -2.25. The minimum absolute atomic E-state index is 0.108. The molecule has 2 fully saturated rings. The van der Waals surface area contributed by atoms with Crippen molar-refractivity contribution in [3.63, 3.8) is 0 Å². The summed E-state index contributed by atoms with van der Waals surface area (Å²) in [5.41, 5.74) is 0.708. The molecule has 0 aliphatic heterocycles. The number of carboxylic acid groups (broad SMARTS) is 1. The Balaban J connectivity index is 1.41. The Morgan fingerprint density at radius 2 is 2.08 bits per heavy atom. The second-order valence-electron chi connectivity index (χ2n) is 7.22. The van der Waals surface area contributed by atoms with Crippen LogP contribution in [0.3, 0.4) is 0 Å². The zero-order valence-corrected chi connectivity index (χ0v) is 14.7. The molecular formula is C19H25N3O4. The molecule has 0 aromatic heterocycles. The Kier molecular flexibility index (Phi) is 6.00. The SMILES string of the molecule is O=C(O)CN(CC1CC1)C1CC(NC/C=C/c2ccccc2[N+](=O)[O-])C1. The highest BCUT2D eigenvalue weighted by atomic mass is 16.6. The van der Waals surface area contributed by atoms with Crippen molar-refractivity contribution in [2.24, 2.45) is 5.92 Å². The third-order valence-electron chi connectivity index (χ3n) is 5.11. The number of benzene rings is 1. The largest absolute Gasteiger partial charge is 0.480 e. The van der Waals surface area contributed by atoms with Crippen LogP contribution in [0, 0.1) is 16.0 Å². The highest BCUT2D eigenvalue weighted by Gasteiger charge is 2.36. The molecule has 2 aliphatic rings. The molecule has 3 rings (SSSR count). The van der Waals surface area contributed by atoms with Crippen molar-refractivity contribution in [1.29, 1.82) is 0 Å². The van der Waals surface area contributed by atoms with Crippen LogP contribution < -0.4 is 5.32 Å². The summed E-state index contributed by atoms with van der Waals surface area (Å²) >= 11 is 0. The van der Waals surface area contributed by atoms with Crippen LogP contribution in [-0.2, 0) is 4.79 Å². The van der Waals surface area contributed by atoms with E-state index in [4.69, 9.17) is 5.11 Å². The van der Waals surface area contributed by atoms with Crippen LogP contribution >= 0.6 is 0 Å². The summed E-state index contributed by atoms with van der Waals surface area (Å²) in [4.78, 5) is 23.8. The minimum atomic E-state index is -0.755. The van der Waals surface area contributed by atoms with Crippen molar-refractivity contribution in [1.82, 2.24) is 10.2 Å². The van der Waals surface area contributed by atoms with Crippen molar-refractivity contribution >= 4 is 17.7 Å².